The number of hydrogen-bond acceptors (Lipinski definition) is 5. The molecule has 0 aliphatic carbocycles. The second kappa shape index (κ2) is 5.39. The van der Waals surface area contributed by atoms with Crippen molar-refractivity contribution >= 4 is 45.1 Å². The van der Waals surface area contributed by atoms with Gasteiger partial charge in [-0.25, -0.2) is 4.98 Å². The first-order valence-corrected chi connectivity index (χ1v) is 9.71. The van der Waals surface area contributed by atoms with Gasteiger partial charge in [0.1, 0.15) is 10.7 Å². The zero-order valence-corrected chi connectivity index (χ0v) is 14.3. The molecule has 1 aliphatic rings. The lowest BCUT2D eigenvalue weighted by atomic mass is 9.94. The highest BCUT2D eigenvalue weighted by Crippen LogP contribution is 2.36. The minimum Gasteiger partial charge on any atom is -0.309 e. The Hall–Kier alpha value is -0.460. The Bertz CT molecular complexity index is 678. The van der Waals surface area contributed by atoms with Crippen LogP contribution in [0.5, 0.6) is 0 Å². The highest BCUT2D eigenvalue weighted by Gasteiger charge is 2.22. The summed E-state index contributed by atoms with van der Waals surface area (Å²) in [6, 6.07) is 2.00. The van der Waals surface area contributed by atoms with Crippen LogP contribution in [0.3, 0.4) is 0 Å². The molecular weight excluding hydrogens is 308 g/mol. The van der Waals surface area contributed by atoms with Gasteiger partial charge in [0, 0.05) is 22.1 Å². The van der Waals surface area contributed by atoms with Crippen LogP contribution < -0.4 is 5.56 Å². The zero-order valence-electron chi connectivity index (χ0n) is 11.9. The maximum atomic E-state index is 12.3. The summed E-state index contributed by atoms with van der Waals surface area (Å²) in [5.74, 6) is 4.22. The Kier molecular flexibility index (Phi) is 3.90. The quantitative estimate of drug-likeness (QED) is 0.866. The summed E-state index contributed by atoms with van der Waals surface area (Å²) in [5, 5.41) is 1.06. The molecule has 0 radical (unpaired) electrons. The predicted molar refractivity (Wildman–Crippen MR) is 91.5 cm³/mol. The molecular formula is C14H18N2OS3. The highest BCUT2D eigenvalue weighted by molar-refractivity contribution is 8.06. The molecule has 3 nitrogen and oxygen atoms in total. The second-order valence-corrected chi connectivity index (χ2v) is 9.46. The molecule has 0 saturated carbocycles. The van der Waals surface area contributed by atoms with E-state index < -0.39 is 0 Å². The van der Waals surface area contributed by atoms with Crippen LogP contribution >= 0.6 is 34.9 Å². The number of hydrogen-bond donors (Lipinski definition) is 1. The fourth-order valence-corrected chi connectivity index (χ4v) is 5.84. The van der Waals surface area contributed by atoms with Gasteiger partial charge >= 0.3 is 0 Å². The van der Waals surface area contributed by atoms with Crippen LogP contribution in [-0.2, 0) is 5.41 Å². The molecule has 2 aromatic rings. The first kappa shape index (κ1) is 14.5. The Labute approximate surface area is 131 Å². The summed E-state index contributed by atoms with van der Waals surface area (Å²) < 4.78 is 0. The van der Waals surface area contributed by atoms with Crippen LogP contribution in [0.15, 0.2) is 10.9 Å². The summed E-state index contributed by atoms with van der Waals surface area (Å²) in [6.45, 7) is 6.50. The average Bonchev–Trinajstić information content (AvgIpc) is 2.84. The standard InChI is InChI=1S/C14H18N2OS3/c1-14(2,3)10-6-8-12(17)15-11(16-13(8)20-10)9-7-18-4-5-19-9/h6,9H,4-5,7H2,1-3H3,(H,15,16,17)/t9-/m0/s1. The summed E-state index contributed by atoms with van der Waals surface area (Å²) in [5.41, 5.74) is 0.0702. The minimum atomic E-state index is 0.00734. The predicted octanol–water partition coefficient (Wildman–Crippen LogP) is 3.80. The molecule has 1 saturated heterocycles. The van der Waals surface area contributed by atoms with Crippen LogP contribution in [-0.4, -0.2) is 27.2 Å². The monoisotopic (exact) mass is 326 g/mol. The molecule has 3 rings (SSSR count). The number of nitrogens with one attached hydrogen (secondary N) is 1. The van der Waals surface area contributed by atoms with E-state index in [4.69, 9.17) is 4.98 Å². The molecule has 2 aromatic heterocycles. The van der Waals surface area contributed by atoms with Gasteiger partial charge in [-0.15, -0.1) is 23.1 Å². The molecule has 1 aliphatic heterocycles. The van der Waals surface area contributed by atoms with Crippen LogP contribution in [0, 0.1) is 0 Å². The average molecular weight is 327 g/mol. The van der Waals surface area contributed by atoms with E-state index in [1.165, 1.54) is 10.6 Å². The number of nitrogens with zero attached hydrogens (tertiary/aromatic N) is 1. The van der Waals surface area contributed by atoms with Crippen molar-refractivity contribution in [3.63, 3.8) is 0 Å². The third-order valence-electron chi connectivity index (χ3n) is 3.28. The van der Waals surface area contributed by atoms with Crippen molar-refractivity contribution in [1.29, 1.82) is 0 Å². The number of fused-ring (bicyclic) bond motifs is 1. The molecule has 1 fully saturated rings. The smallest absolute Gasteiger partial charge is 0.259 e. The van der Waals surface area contributed by atoms with E-state index in [1.54, 1.807) is 11.3 Å². The van der Waals surface area contributed by atoms with Crippen LogP contribution in [0.2, 0.25) is 0 Å². The Morgan fingerprint density at radius 3 is 2.80 bits per heavy atom. The number of rotatable bonds is 1. The number of thiophene rings is 1. The van der Waals surface area contributed by atoms with Gasteiger partial charge in [0.05, 0.1) is 10.6 Å². The van der Waals surface area contributed by atoms with Crippen LogP contribution in [0.25, 0.3) is 10.2 Å². The third-order valence-corrected chi connectivity index (χ3v) is 7.50. The Morgan fingerprint density at radius 1 is 1.35 bits per heavy atom. The first-order chi connectivity index (χ1) is 9.45. The van der Waals surface area contributed by atoms with Crippen molar-refractivity contribution < 1.29 is 0 Å². The number of aromatic amines is 1. The summed E-state index contributed by atoms with van der Waals surface area (Å²) in [4.78, 5) is 22.1. The molecule has 0 amide bonds. The maximum Gasteiger partial charge on any atom is 0.259 e. The third kappa shape index (κ3) is 2.78. The maximum absolute atomic E-state index is 12.3. The largest absolute Gasteiger partial charge is 0.309 e. The molecule has 20 heavy (non-hydrogen) atoms. The second-order valence-electron chi connectivity index (χ2n) is 5.96. The zero-order chi connectivity index (χ0) is 14.3. The van der Waals surface area contributed by atoms with Gasteiger partial charge in [-0.1, -0.05) is 20.8 Å². The molecule has 108 valence electrons. The topological polar surface area (TPSA) is 45.8 Å². The molecule has 0 spiro atoms. The molecule has 1 atom stereocenters. The minimum absolute atomic E-state index is 0.00734. The summed E-state index contributed by atoms with van der Waals surface area (Å²) in [7, 11) is 0. The molecule has 1 N–H and O–H groups in total. The molecule has 6 heteroatoms. The van der Waals surface area contributed by atoms with E-state index in [2.05, 4.69) is 25.8 Å². The highest BCUT2D eigenvalue weighted by atomic mass is 32.2. The van der Waals surface area contributed by atoms with Gasteiger partial charge in [0.25, 0.3) is 5.56 Å². The Balaban J connectivity index is 2.06. The Morgan fingerprint density at radius 2 is 2.15 bits per heavy atom. The van der Waals surface area contributed by atoms with E-state index >= 15 is 0 Å². The summed E-state index contributed by atoms with van der Waals surface area (Å²) >= 11 is 5.49. The van der Waals surface area contributed by atoms with Crippen molar-refractivity contribution in [3.8, 4) is 0 Å². The van der Waals surface area contributed by atoms with E-state index in [9.17, 15) is 4.79 Å². The number of H-pyrrole nitrogens is 1. The van der Waals surface area contributed by atoms with Gasteiger partial charge < -0.3 is 4.98 Å². The van der Waals surface area contributed by atoms with Gasteiger partial charge in [0.2, 0.25) is 0 Å². The lowest BCUT2D eigenvalue weighted by Crippen LogP contribution is -2.16. The molecule has 0 bridgehead atoms. The van der Waals surface area contributed by atoms with E-state index in [-0.39, 0.29) is 11.0 Å². The van der Waals surface area contributed by atoms with Gasteiger partial charge in [-0.2, -0.15) is 11.8 Å². The number of aromatic nitrogens is 2. The van der Waals surface area contributed by atoms with Crippen molar-refractivity contribution in [2.75, 3.05) is 17.3 Å². The molecule has 3 heterocycles. The van der Waals surface area contributed by atoms with E-state index in [0.29, 0.717) is 5.25 Å². The van der Waals surface area contributed by atoms with Crippen LogP contribution in [0.1, 0.15) is 36.7 Å². The van der Waals surface area contributed by atoms with E-state index in [1.807, 2.05) is 29.6 Å². The fraction of sp³-hybridized carbons (Fsp3) is 0.571. The SMILES string of the molecule is CC(C)(C)c1cc2c(=O)[nH]c([C@@H]3CSCCS3)nc2s1. The number of thioether (sulfide) groups is 2. The van der Waals surface area contributed by atoms with Crippen molar-refractivity contribution in [1.82, 2.24) is 9.97 Å². The fourth-order valence-electron chi connectivity index (χ4n) is 2.12. The van der Waals surface area contributed by atoms with Crippen molar-refractivity contribution in [3.05, 3.63) is 27.1 Å². The van der Waals surface area contributed by atoms with E-state index in [0.717, 1.165) is 27.5 Å². The normalized spacial score (nSPS) is 20.4. The molecule has 0 aromatic carbocycles. The van der Waals surface area contributed by atoms with Gasteiger partial charge in [0.15, 0.2) is 0 Å². The van der Waals surface area contributed by atoms with Crippen molar-refractivity contribution in [2.24, 2.45) is 0 Å². The van der Waals surface area contributed by atoms with Gasteiger partial charge in [-0.05, 0) is 11.5 Å². The van der Waals surface area contributed by atoms with Crippen molar-refractivity contribution in [2.45, 2.75) is 31.4 Å². The van der Waals surface area contributed by atoms with Gasteiger partial charge in [-0.3, -0.25) is 4.79 Å². The molecule has 0 unspecified atom stereocenters. The van der Waals surface area contributed by atoms with Crippen LogP contribution in [0.4, 0.5) is 0 Å². The lowest BCUT2D eigenvalue weighted by Gasteiger charge is -2.19. The lowest BCUT2D eigenvalue weighted by molar-refractivity contribution is 0.604. The first-order valence-electron chi connectivity index (χ1n) is 6.69. The summed E-state index contributed by atoms with van der Waals surface area (Å²) in [6.07, 6.45) is 0.